The summed E-state index contributed by atoms with van der Waals surface area (Å²) in [5, 5.41) is 13.0. The zero-order valence-corrected chi connectivity index (χ0v) is 11.9. The first kappa shape index (κ1) is 11.7. The summed E-state index contributed by atoms with van der Waals surface area (Å²) in [6, 6.07) is 3.73. The number of aromatic nitrogens is 1. The Morgan fingerprint density at radius 3 is 2.52 bits per heavy atom. The molecule has 2 bridgehead atoms. The molecule has 0 aliphatic heterocycles. The summed E-state index contributed by atoms with van der Waals surface area (Å²) < 4.78 is 0. The summed E-state index contributed by atoms with van der Waals surface area (Å²) in [6.07, 6.45) is 6.53. The van der Waals surface area contributed by atoms with Gasteiger partial charge in [0, 0.05) is 11.6 Å². The van der Waals surface area contributed by atoms with Gasteiger partial charge in [0.2, 0.25) is 0 Å². The van der Waals surface area contributed by atoms with Crippen LogP contribution in [0.3, 0.4) is 0 Å². The van der Waals surface area contributed by atoms with Crippen molar-refractivity contribution < 1.29 is 0 Å². The first-order valence-corrected chi connectivity index (χ1v) is 7.81. The molecule has 21 heavy (non-hydrogen) atoms. The number of rotatable bonds is 2. The lowest BCUT2D eigenvalue weighted by atomic mass is 9.38. The second-order valence-electron chi connectivity index (χ2n) is 7.64. The van der Waals surface area contributed by atoms with Crippen molar-refractivity contribution in [3.63, 3.8) is 0 Å². The van der Waals surface area contributed by atoms with Crippen molar-refractivity contribution in [2.24, 2.45) is 23.2 Å². The number of anilines is 3. The quantitative estimate of drug-likeness (QED) is 0.770. The van der Waals surface area contributed by atoms with Crippen molar-refractivity contribution in [3.05, 3.63) is 11.6 Å². The number of nitrogens with zero attached hydrogens (tertiary/aromatic N) is 2. The fourth-order valence-corrected chi connectivity index (χ4v) is 6.27. The molecule has 1 aromatic heterocycles. The molecule has 5 nitrogen and oxygen atoms in total. The van der Waals surface area contributed by atoms with Crippen LogP contribution in [0, 0.1) is 34.5 Å². The monoisotopic (exact) mass is 281 g/mol. The molecule has 5 N–H and O–H groups in total. The Morgan fingerprint density at radius 2 is 1.95 bits per heavy atom. The minimum absolute atomic E-state index is 0.124. The molecule has 5 heteroatoms. The van der Waals surface area contributed by atoms with Crippen LogP contribution in [0.4, 0.5) is 17.3 Å². The average molecular weight is 281 g/mol. The molecule has 0 amide bonds. The van der Waals surface area contributed by atoms with E-state index in [1.807, 2.05) is 0 Å². The zero-order valence-electron chi connectivity index (χ0n) is 11.9. The van der Waals surface area contributed by atoms with Gasteiger partial charge >= 0.3 is 0 Å². The van der Waals surface area contributed by atoms with Gasteiger partial charge in [-0.15, -0.1) is 0 Å². The summed E-state index contributed by atoms with van der Waals surface area (Å²) in [6.45, 7) is 0. The van der Waals surface area contributed by atoms with E-state index in [2.05, 4.69) is 16.4 Å². The third-order valence-corrected chi connectivity index (χ3v) is 6.90. The highest BCUT2D eigenvalue weighted by molar-refractivity contribution is 5.70. The summed E-state index contributed by atoms with van der Waals surface area (Å²) in [5.74, 6) is 3.74. The maximum absolute atomic E-state index is 9.36. The van der Waals surface area contributed by atoms with E-state index in [0.717, 1.165) is 17.8 Å². The lowest BCUT2D eigenvalue weighted by molar-refractivity contribution is -0.175. The molecule has 4 aliphatic carbocycles. The predicted molar refractivity (Wildman–Crippen MR) is 80.1 cm³/mol. The van der Waals surface area contributed by atoms with Crippen molar-refractivity contribution >= 4 is 17.3 Å². The van der Waals surface area contributed by atoms with Crippen molar-refractivity contribution in [3.8, 4) is 6.07 Å². The normalized spacial score (nSPS) is 44.4. The van der Waals surface area contributed by atoms with Crippen LogP contribution < -0.4 is 16.8 Å². The molecule has 1 spiro atoms. The van der Waals surface area contributed by atoms with Gasteiger partial charge in [-0.2, -0.15) is 5.26 Å². The third-order valence-electron chi connectivity index (χ3n) is 6.90. The first-order valence-electron chi connectivity index (χ1n) is 7.81. The van der Waals surface area contributed by atoms with Crippen LogP contribution in [0.2, 0.25) is 0 Å². The molecule has 108 valence electrons. The molecule has 0 radical (unpaired) electrons. The fourth-order valence-electron chi connectivity index (χ4n) is 6.27. The van der Waals surface area contributed by atoms with E-state index in [9.17, 15) is 5.26 Å². The number of hydrogen-bond acceptors (Lipinski definition) is 5. The molecule has 4 saturated carbocycles. The Morgan fingerprint density at radius 1 is 1.24 bits per heavy atom. The molecule has 4 aliphatic rings. The van der Waals surface area contributed by atoms with E-state index in [1.54, 1.807) is 6.07 Å². The topological polar surface area (TPSA) is 101 Å². The fraction of sp³-hybridized carbons (Fsp3) is 0.625. The van der Waals surface area contributed by atoms with Crippen LogP contribution >= 0.6 is 0 Å². The van der Waals surface area contributed by atoms with Gasteiger partial charge < -0.3 is 16.8 Å². The number of fused-ring (bicyclic) bond motifs is 1. The largest absolute Gasteiger partial charge is 0.397 e. The van der Waals surface area contributed by atoms with Crippen LogP contribution in [0.15, 0.2) is 6.07 Å². The lowest BCUT2D eigenvalue weighted by Crippen LogP contribution is -2.59. The van der Waals surface area contributed by atoms with Gasteiger partial charge in [-0.05, 0) is 55.3 Å². The summed E-state index contributed by atoms with van der Waals surface area (Å²) in [5.41, 5.74) is 13.4. The van der Waals surface area contributed by atoms with E-state index in [0.29, 0.717) is 28.3 Å². The molecule has 4 fully saturated rings. The van der Waals surface area contributed by atoms with E-state index in [-0.39, 0.29) is 5.54 Å². The molecule has 5 rings (SSSR count). The molecule has 1 heterocycles. The molecule has 0 aromatic carbocycles. The molecule has 0 saturated heterocycles. The number of nitriles is 1. The minimum atomic E-state index is 0.124. The van der Waals surface area contributed by atoms with Gasteiger partial charge in [0.15, 0.2) is 0 Å². The van der Waals surface area contributed by atoms with Crippen LogP contribution in [0.25, 0.3) is 0 Å². The van der Waals surface area contributed by atoms with Crippen LogP contribution in [0.1, 0.15) is 37.7 Å². The van der Waals surface area contributed by atoms with Gasteiger partial charge in [0.05, 0.1) is 5.69 Å². The minimum Gasteiger partial charge on any atom is -0.397 e. The standard InChI is InChI=1S/C16H19N5/c17-6-11-12(18)3-13(19)20-14(11)21-15-4-9-1-8-2-10(5-15)16(8,9)7-15/h3,8-10H,1-2,4-5,7H2,(H5,18,19,20,21). The Balaban J connectivity index is 1.53. The Bertz CT molecular complexity index is 687. The van der Waals surface area contributed by atoms with E-state index < -0.39 is 0 Å². The second-order valence-corrected chi connectivity index (χ2v) is 7.64. The third kappa shape index (κ3) is 1.17. The Hall–Kier alpha value is -1.96. The number of nitrogen functional groups attached to an aromatic ring is 2. The highest BCUT2D eigenvalue weighted by Crippen LogP contribution is 2.82. The maximum atomic E-state index is 9.36. The molecule has 2 unspecified atom stereocenters. The molecular formula is C16H19N5. The van der Waals surface area contributed by atoms with Crippen LogP contribution in [-0.2, 0) is 0 Å². The lowest BCUT2D eigenvalue weighted by Gasteiger charge is -2.66. The average Bonchev–Trinajstić information content (AvgIpc) is 2.84. The van der Waals surface area contributed by atoms with Crippen LogP contribution in [-0.4, -0.2) is 10.5 Å². The van der Waals surface area contributed by atoms with Crippen molar-refractivity contribution in [2.45, 2.75) is 37.6 Å². The van der Waals surface area contributed by atoms with E-state index >= 15 is 0 Å². The van der Waals surface area contributed by atoms with Crippen molar-refractivity contribution in [1.82, 2.24) is 4.98 Å². The second kappa shape index (κ2) is 3.27. The Kier molecular flexibility index (Phi) is 1.82. The SMILES string of the molecule is N#Cc1c(N)cc(N)nc1NC12CC3CC4CC(C1)C43C2. The summed E-state index contributed by atoms with van der Waals surface area (Å²) in [7, 11) is 0. The molecule has 1 aromatic rings. The van der Waals surface area contributed by atoms with Gasteiger partial charge in [0.25, 0.3) is 0 Å². The highest BCUT2D eigenvalue weighted by Gasteiger charge is 2.77. The van der Waals surface area contributed by atoms with E-state index in [4.69, 9.17) is 11.5 Å². The molecular weight excluding hydrogens is 262 g/mol. The highest BCUT2D eigenvalue weighted by atomic mass is 15.1. The molecule has 2 atom stereocenters. The summed E-state index contributed by atoms with van der Waals surface area (Å²) in [4.78, 5) is 4.35. The Labute approximate surface area is 123 Å². The van der Waals surface area contributed by atoms with Crippen LogP contribution in [0.5, 0.6) is 0 Å². The van der Waals surface area contributed by atoms with Crippen molar-refractivity contribution in [2.75, 3.05) is 16.8 Å². The van der Waals surface area contributed by atoms with Gasteiger partial charge in [0.1, 0.15) is 23.3 Å². The summed E-state index contributed by atoms with van der Waals surface area (Å²) >= 11 is 0. The number of pyridine rings is 1. The zero-order chi connectivity index (χ0) is 14.4. The number of hydrogen-bond donors (Lipinski definition) is 3. The smallest absolute Gasteiger partial charge is 0.148 e. The van der Waals surface area contributed by atoms with E-state index in [1.165, 1.54) is 32.1 Å². The van der Waals surface area contributed by atoms with Gasteiger partial charge in [-0.25, -0.2) is 4.98 Å². The maximum Gasteiger partial charge on any atom is 0.148 e. The first-order chi connectivity index (χ1) is 10.1. The number of nitrogens with two attached hydrogens (primary N) is 2. The van der Waals surface area contributed by atoms with Crippen molar-refractivity contribution in [1.29, 1.82) is 5.26 Å². The number of nitrogens with one attached hydrogen (secondary N) is 1. The predicted octanol–water partition coefficient (Wildman–Crippen LogP) is 2.11. The van der Waals surface area contributed by atoms with Gasteiger partial charge in [-0.1, -0.05) is 0 Å². The van der Waals surface area contributed by atoms with Gasteiger partial charge in [-0.3, -0.25) is 0 Å².